The molecule has 4 rings (SSSR count). The Morgan fingerprint density at radius 1 is 1.00 bits per heavy atom. The van der Waals surface area contributed by atoms with Crippen LogP contribution in [0.5, 0.6) is 0 Å². The number of anilines is 1. The second-order valence-electron chi connectivity index (χ2n) is 7.50. The lowest BCUT2D eigenvalue weighted by atomic mass is 10.1. The maximum Gasteiger partial charge on any atom is 0.259 e. The van der Waals surface area contributed by atoms with Crippen molar-refractivity contribution in [2.45, 2.75) is 27.3 Å². The Morgan fingerprint density at radius 2 is 1.80 bits per heavy atom. The third-order valence-electron chi connectivity index (χ3n) is 5.34. The summed E-state index contributed by atoms with van der Waals surface area (Å²) < 4.78 is 2.31. The summed E-state index contributed by atoms with van der Waals surface area (Å²) in [6.45, 7) is 7.32. The molecule has 0 aliphatic carbocycles. The number of amides is 1. The summed E-state index contributed by atoms with van der Waals surface area (Å²) in [4.78, 5) is 12.1. The molecule has 1 amide bonds. The molecular weight excluding hydrogens is 372 g/mol. The molecule has 4 aromatic rings. The predicted molar refractivity (Wildman–Crippen MR) is 125 cm³/mol. The van der Waals surface area contributed by atoms with E-state index in [4.69, 9.17) is 0 Å². The van der Waals surface area contributed by atoms with Crippen LogP contribution in [0.3, 0.4) is 0 Å². The first-order valence-corrected chi connectivity index (χ1v) is 10.2. The summed E-state index contributed by atoms with van der Waals surface area (Å²) >= 11 is 0. The van der Waals surface area contributed by atoms with E-state index in [0.717, 1.165) is 23.4 Å². The van der Waals surface area contributed by atoms with Crippen LogP contribution < -0.4 is 10.7 Å². The Bertz CT molecular complexity index is 1250. The van der Waals surface area contributed by atoms with Crippen LogP contribution in [-0.4, -0.2) is 23.2 Å². The average Bonchev–Trinajstić information content (AvgIpc) is 3.06. The second-order valence-corrected chi connectivity index (χ2v) is 7.50. The number of hydrazone groups is 1. The summed E-state index contributed by atoms with van der Waals surface area (Å²) in [6, 6.07) is 20.8. The van der Waals surface area contributed by atoms with Crippen molar-refractivity contribution in [3.8, 4) is 0 Å². The van der Waals surface area contributed by atoms with E-state index in [1.165, 1.54) is 27.4 Å². The fourth-order valence-corrected chi connectivity index (χ4v) is 3.90. The minimum absolute atomic E-state index is 0.171. The SMILES string of the molecule is CCn1c2ccccc2c2cc(C=NNC(=O)CNc3ccc(C)cc3C)ccc21. The summed E-state index contributed by atoms with van der Waals surface area (Å²) in [5.41, 5.74) is 9.26. The number of aryl methyl sites for hydroxylation is 3. The highest BCUT2D eigenvalue weighted by Crippen LogP contribution is 2.29. The van der Waals surface area contributed by atoms with Gasteiger partial charge in [0.25, 0.3) is 5.91 Å². The molecule has 0 spiro atoms. The molecule has 0 fully saturated rings. The predicted octanol–water partition coefficient (Wildman–Crippen LogP) is 4.99. The van der Waals surface area contributed by atoms with Crippen LogP contribution in [0, 0.1) is 13.8 Å². The first kappa shape index (κ1) is 19.7. The zero-order chi connectivity index (χ0) is 21.1. The molecule has 0 bridgehead atoms. The average molecular weight is 399 g/mol. The van der Waals surface area contributed by atoms with Gasteiger partial charge in [0.15, 0.2) is 0 Å². The molecule has 0 saturated carbocycles. The minimum Gasteiger partial charge on any atom is -0.376 e. The number of rotatable bonds is 6. The summed E-state index contributed by atoms with van der Waals surface area (Å²) in [6.07, 6.45) is 1.69. The molecule has 0 aliphatic heterocycles. The van der Waals surface area contributed by atoms with E-state index in [0.29, 0.717) is 0 Å². The van der Waals surface area contributed by atoms with E-state index in [-0.39, 0.29) is 12.5 Å². The summed E-state index contributed by atoms with van der Waals surface area (Å²) in [7, 11) is 0. The summed E-state index contributed by atoms with van der Waals surface area (Å²) in [5, 5.41) is 9.71. The maximum absolute atomic E-state index is 12.1. The molecule has 5 nitrogen and oxygen atoms in total. The number of hydrogen-bond donors (Lipinski definition) is 2. The number of carbonyl (C=O) groups excluding carboxylic acids is 1. The standard InChI is InChI=1S/C25H26N4O/c1-4-29-23-8-6-5-7-20(23)21-14-19(10-12-24(21)29)15-27-28-25(30)16-26-22-11-9-17(2)13-18(22)3/h5-15,26H,4,16H2,1-3H3,(H,28,30). The highest BCUT2D eigenvalue weighted by molar-refractivity contribution is 6.09. The molecule has 0 aliphatic rings. The second kappa shape index (κ2) is 8.41. The highest BCUT2D eigenvalue weighted by atomic mass is 16.2. The van der Waals surface area contributed by atoms with Crippen LogP contribution in [0.25, 0.3) is 21.8 Å². The van der Waals surface area contributed by atoms with Gasteiger partial charge in [-0.3, -0.25) is 4.79 Å². The molecular formula is C25H26N4O. The van der Waals surface area contributed by atoms with Crippen LogP contribution in [-0.2, 0) is 11.3 Å². The van der Waals surface area contributed by atoms with Gasteiger partial charge < -0.3 is 9.88 Å². The Labute approximate surface area is 176 Å². The van der Waals surface area contributed by atoms with Crippen molar-refractivity contribution in [2.75, 3.05) is 11.9 Å². The van der Waals surface area contributed by atoms with Gasteiger partial charge in [-0.2, -0.15) is 5.10 Å². The molecule has 0 radical (unpaired) electrons. The number of nitrogens with zero attached hydrogens (tertiary/aromatic N) is 2. The lowest BCUT2D eigenvalue weighted by molar-refractivity contribution is -0.119. The molecule has 1 aromatic heterocycles. The quantitative estimate of drug-likeness (QED) is 0.355. The molecule has 5 heteroatoms. The highest BCUT2D eigenvalue weighted by Gasteiger charge is 2.09. The van der Waals surface area contributed by atoms with E-state index in [1.54, 1.807) is 6.21 Å². The topological polar surface area (TPSA) is 58.4 Å². The molecule has 152 valence electrons. The van der Waals surface area contributed by atoms with Gasteiger partial charge in [-0.15, -0.1) is 0 Å². The van der Waals surface area contributed by atoms with Gasteiger partial charge in [0.2, 0.25) is 0 Å². The van der Waals surface area contributed by atoms with Crippen LogP contribution in [0.2, 0.25) is 0 Å². The summed E-state index contributed by atoms with van der Waals surface area (Å²) in [5.74, 6) is -0.185. The number of para-hydroxylation sites is 1. The molecule has 2 N–H and O–H groups in total. The van der Waals surface area contributed by atoms with Crippen molar-refractivity contribution >= 4 is 39.6 Å². The number of benzene rings is 3. The number of fused-ring (bicyclic) bond motifs is 3. The van der Waals surface area contributed by atoms with Gasteiger partial charge in [-0.05, 0) is 56.2 Å². The van der Waals surface area contributed by atoms with Crippen molar-refractivity contribution < 1.29 is 4.79 Å². The van der Waals surface area contributed by atoms with Gasteiger partial charge in [0.05, 0.1) is 12.8 Å². The van der Waals surface area contributed by atoms with Gasteiger partial charge in [-0.1, -0.05) is 42.0 Å². The van der Waals surface area contributed by atoms with Crippen molar-refractivity contribution in [3.63, 3.8) is 0 Å². The van der Waals surface area contributed by atoms with Crippen molar-refractivity contribution in [1.82, 2.24) is 9.99 Å². The zero-order valence-electron chi connectivity index (χ0n) is 17.6. The largest absolute Gasteiger partial charge is 0.376 e. The maximum atomic E-state index is 12.1. The van der Waals surface area contributed by atoms with E-state index < -0.39 is 0 Å². The number of carbonyl (C=O) groups is 1. The number of hydrogen-bond acceptors (Lipinski definition) is 3. The Morgan fingerprint density at radius 3 is 2.60 bits per heavy atom. The van der Waals surface area contributed by atoms with Crippen molar-refractivity contribution in [3.05, 3.63) is 77.4 Å². The first-order valence-electron chi connectivity index (χ1n) is 10.2. The Balaban J connectivity index is 1.45. The van der Waals surface area contributed by atoms with Crippen molar-refractivity contribution in [1.29, 1.82) is 0 Å². The van der Waals surface area contributed by atoms with Gasteiger partial charge in [0, 0.05) is 34.0 Å². The Kier molecular flexibility index (Phi) is 5.53. The lowest BCUT2D eigenvalue weighted by Gasteiger charge is -2.09. The fraction of sp³-hybridized carbons (Fsp3) is 0.200. The van der Waals surface area contributed by atoms with Crippen LogP contribution in [0.15, 0.2) is 65.8 Å². The molecule has 0 saturated heterocycles. The minimum atomic E-state index is -0.185. The molecule has 30 heavy (non-hydrogen) atoms. The van der Waals surface area contributed by atoms with E-state index in [1.807, 2.05) is 25.1 Å². The molecule has 3 aromatic carbocycles. The monoisotopic (exact) mass is 398 g/mol. The normalized spacial score (nSPS) is 11.4. The molecule has 0 atom stereocenters. The lowest BCUT2D eigenvalue weighted by Crippen LogP contribution is -2.26. The fourth-order valence-electron chi connectivity index (χ4n) is 3.90. The number of aromatic nitrogens is 1. The third kappa shape index (κ3) is 3.92. The number of nitrogens with one attached hydrogen (secondary N) is 2. The molecule has 0 unspecified atom stereocenters. The zero-order valence-corrected chi connectivity index (χ0v) is 17.6. The van der Waals surface area contributed by atoms with Gasteiger partial charge in [0.1, 0.15) is 0 Å². The van der Waals surface area contributed by atoms with Crippen LogP contribution in [0.1, 0.15) is 23.6 Å². The van der Waals surface area contributed by atoms with E-state index >= 15 is 0 Å². The smallest absolute Gasteiger partial charge is 0.259 e. The van der Waals surface area contributed by atoms with Crippen LogP contribution in [0.4, 0.5) is 5.69 Å². The van der Waals surface area contributed by atoms with Gasteiger partial charge in [-0.25, -0.2) is 5.43 Å². The Hall–Kier alpha value is -3.60. The van der Waals surface area contributed by atoms with Crippen LogP contribution >= 0.6 is 0 Å². The van der Waals surface area contributed by atoms with Gasteiger partial charge >= 0.3 is 0 Å². The van der Waals surface area contributed by atoms with E-state index in [2.05, 4.69) is 76.7 Å². The van der Waals surface area contributed by atoms with E-state index in [9.17, 15) is 4.79 Å². The molecule has 1 heterocycles. The first-order chi connectivity index (χ1) is 14.6. The third-order valence-corrected chi connectivity index (χ3v) is 5.34. The van der Waals surface area contributed by atoms with Crippen molar-refractivity contribution in [2.24, 2.45) is 5.10 Å².